The van der Waals surface area contributed by atoms with Crippen molar-refractivity contribution in [2.45, 2.75) is 13.2 Å². The summed E-state index contributed by atoms with van der Waals surface area (Å²) in [6, 6.07) is 5.38. The number of amides is 1. The van der Waals surface area contributed by atoms with Gasteiger partial charge >= 0.3 is 7.05 Å². The highest BCUT2D eigenvalue weighted by Gasteiger charge is 2.07. The van der Waals surface area contributed by atoms with Crippen molar-refractivity contribution in [3.05, 3.63) is 32.7 Å². The van der Waals surface area contributed by atoms with Crippen molar-refractivity contribution in [2.75, 3.05) is 13.2 Å². The third kappa shape index (κ3) is 7.07. The van der Waals surface area contributed by atoms with Gasteiger partial charge in [-0.15, -0.1) is 0 Å². The molecule has 0 fully saturated rings. The van der Waals surface area contributed by atoms with Crippen LogP contribution in [0.5, 0.6) is 0 Å². The van der Waals surface area contributed by atoms with Gasteiger partial charge in [-0.25, -0.2) is 5.39 Å². The predicted octanol–water partition coefficient (Wildman–Crippen LogP) is 1.96. The first-order valence-corrected chi connectivity index (χ1v) is 7.37. The van der Waals surface area contributed by atoms with E-state index in [4.69, 9.17) is 9.86 Å². The van der Waals surface area contributed by atoms with Crippen LogP contribution < -0.4 is 10.7 Å². The minimum atomic E-state index is -0.700. The third-order valence-electron chi connectivity index (χ3n) is 2.09. The van der Waals surface area contributed by atoms with Crippen LogP contribution in [0.2, 0.25) is 6.82 Å². The molecule has 0 bridgehead atoms. The average molecular weight is 394 g/mol. The molecule has 0 saturated carbocycles. The first kappa shape index (κ1) is 16.6. The number of hydrogen-bond acceptors (Lipinski definition) is 4. The molecule has 19 heavy (non-hydrogen) atoms. The molecule has 0 saturated heterocycles. The van der Waals surface area contributed by atoms with Crippen molar-refractivity contribution in [3.63, 3.8) is 0 Å². The molecule has 0 atom stereocenters. The smallest absolute Gasteiger partial charge is 0.398 e. The highest BCUT2D eigenvalue weighted by molar-refractivity contribution is 9.11. The second-order valence-corrected chi connectivity index (χ2v) is 5.74. The Morgan fingerprint density at radius 2 is 2.00 bits per heavy atom. The zero-order valence-corrected chi connectivity index (χ0v) is 13.6. The number of hydrogen-bond donors (Lipinski definition) is 3. The van der Waals surface area contributed by atoms with Crippen molar-refractivity contribution in [3.8, 4) is 0 Å². The Balaban J connectivity index is 2.27. The lowest BCUT2D eigenvalue weighted by Gasteiger charge is -2.07. The fourth-order valence-corrected chi connectivity index (χ4v) is 2.61. The summed E-state index contributed by atoms with van der Waals surface area (Å²) in [5.41, 5.74) is 0.587. The lowest BCUT2D eigenvalue weighted by molar-refractivity contribution is 0.0773. The molecule has 0 aromatic heterocycles. The molecule has 1 rings (SSSR count). The lowest BCUT2D eigenvalue weighted by Crippen LogP contribution is -2.32. The van der Waals surface area contributed by atoms with E-state index in [1.165, 1.54) is 0 Å². The number of halogens is 2. The Labute approximate surface area is 129 Å². The standard InChI is InChI=1S/C11H15BBr2N2O3/c1-12(18)16-19-4-2-3-15-11(17)8-5-9(13)7-10(14)6-8/h5-7,16,18H,2-4H2,1H3,(H,15,17). The maximum absolute atomic E-state index is 11.8. The van der Waals surface area contributed by atoms with Crippen LogP contribution in [-0.2, 0) is 4.84 Å². The van der Waals surface area contributed by atoms with Crippen LogP contribution in [0.3, 0.4) is 0 Å². The number of nitrogens with one attached hydrogen (secondary N) is 2. The highest BCUT2D eigenvalue weighted by Crippen LogP contribution is 2.19. The topological polar surface area (TPSA) is 70.6 Å². The molecule has 5 nitrogen and oxygen atoms in total. The number of rotatable bonds is 7. The zero-order valence-electron chi connectivity index (χ0n) is 10.5. The highest BCUT2D eigenvalue weighted by atomic mass is 79.9. The summed E-state index contributed by atoms with van der Waals surface area (Å²) in [7, 11) is -0.700. The molecule has 0 spiro atoms. The summed E-state index contributed by atoms with van der Waals surface area (Å²) in [4.78, 5) is 16.8. The second kappa shape index (κ2) is 8.70. The lowest BCUT2D eigenvalue weighted by atomic mass is 9.92. The van der Waals surface area contributed by atoms with Crippen LogP contribution in [0.4, 0.5) is 0 Å². The molecule has 0 heterocycles. The van der Waals surface area contributed by atoms with Crippen molar-refractivity contribution in [1.29, 1.82) is 0 Å². The van der Waals surface area contributed by atoms with Crippen LogP contribution in [0, 0.1) is 0 Å². The molecule has 1 amide bonds. The van der Waals surface area contributed by atoms with E-state index in [1.54, 1.807) is 19.0 Å². The molecule has 1 aromatic rings. The van der Waals surface area contributed by atoms with E-state index in [0.29, 0.717) is 25.1 Å². The number of benzene rings is 1. The Morgan fingerprint density at radius 1 is 1.37 bits per heavy atom. The maximum Gasteiger partial charge on any atom is 0.398 e. The summed E-state index contributed by atoms with van der Waals surface area (Å²) < 4.78 is 1.69. The SMILES string of the molecule is CB(O)NOCCCNC(=O)c1cc(Br)cc(Br)c1. The molecular formula is C11H15BBr2N2O3. The summed E-state index contributed by atoms with van der Waals surface area (Å²) in [6.45, 7) is 2.48. The Bertz CT molecular complexity index is 412. The third-order valence-corrected chi connectivity index (χ3v) is 3.00. The molecule has 0 unspecified atom stereocenters. The minimum Gasteiger partial charge on any atom is -0.436 e. The van der Waals surface area contributed by atoms with Crippen LogP contribution >= 0.6 is 31.9 Å². The summed E-state index contributed by atoms with van der Waals surface area (Å²) in [6.07, 6.45) is 0.653. The molecule has 0 aliphatic carbocycles. The number of carbonyl (C=O) groups excluding carboxylic acids is 1. The molecule has 0 aliphatic rings. The van der Waals surface area contributed by atoms with Crippen molar-refractivity contribution in [1.82, 2.24) is 10.7 Å². The molecule has 0 radical (unpaired) electrons. The molecule has 8 heteroatoms. The Morgan fingerprint density at radius 3 is 2.58 bits per heavy atom. The van der Waals surface area contributed by atoms with Gasteiger partial charge in [0.2, 0.25) is 0 Å². The summed E-state index contributed by atoms with van der Waals surface area (Å²) >= 11 is 6.67. The quantitative estimate of drug-likeness (QED) is 0.376. The predicted molar refractivity (Wildman–Crippen MR) is 81.7 cm³/mol. The van der Waals surface area contributed by atoms with Crippen LogP contribution in [-0.4, -0.2) is 31.1 Å². The largest absolute Gasteiger partial charge is 0.436 e. The van der Waals surface area contributed by atoms with Gasteiger partial charge in [-0.2, -0.15) is 0 Å². The van der Waals surface area contributed by atoms with Gasteiger partial charge in [0, 0.05) is 21.1 Å². The van der Waals surface area contributed by atoms with Crippen molar-refractivity contribution >= 4 is 44.8 Å². The van der Waals surface area contributed by atoms with Gasteiger partial charge < -0.3 is 15.2 Å². The van der Waals surface area contributed by atoms with Gasteiger partial charge in [-0.05, 0) is 31.4 Å². The van der Waals surface area contributed by atoms with Gasteiger partial charge in [0.1, 0.15) is 0 Å². The Kier molecular flexibility index (Phi) is 7.63. The monoisotopic (exact) mass is 392 g/mol. The molecule has 0 aliphatic heterocycles. The van der Waals surface area contributed by atoms with Crippen LogP contribution in [0.25, 0.3) is 0 Å². The van der Waals surface area contributed by atoms with E-state index in [9.17, 15) is 4.79 Å². The zero-order chi connectivity index (χ0) is 14.3. The van der Waals surface area contributed by atoms with E-state index in [2.05, 4.69) is 42.6 Å². The Hall–Kier alpha value is -0.405. The van der Waals surface area contributed by atoms with Crippen LogP contribution in [0.1, 0.15) is 16.8 Å². The van der Waals surface area contributed by atoms with E-state index >= 15 is 0 Å². The average Bonchev–Trinajstić information content (AvgIpc) is 2.31. The normalized spacial score (nSPS) is 10.3. The van der Waals surface area contributed by atoms with Gasteiger partial charge in [0.15, 0.2) is 0 Å². The first-order chi connectivity index (χ1) is 8.99. The van der Waals surface area contributed by atoms with Crippen LogP contribution in [0.15, 0.2) is 27.1 Å². The van der Waals surface area contributed by atoms with E-state index in [1.807, 2.05) is 6.07 Å². The molecule has 104 valence electrons. The first-order valence-electron chi connectivity index (χ1n) is 5.78. The van der Waals surface area contributed by atoms with Crippen molar-refractivity contribution < 1.29 is 14.7 Å². The van der Waals surface area contributed by atoms with E-state index in [0.717, 1.165) is 8.95 Å². The van der Waals surface area contributed by atoms with Crippen molar-refractivity contribution in [2.24, 2.45) is 0 Å². The van der Waals surface area contributed by atoms with Gasteiger partial charge in [-0.3, -0.25) is 4.79 Å². The van der Waals surface area contributed by atoms with E-state index < -0.39 is 7.05 Å². The maximum atomic E-state index is 11.8. The minimum absolute atomic E-state index is 0.134. The van der Waals surface area contributed by atoms with Gasteiger partial charge in [-0.1, -0.05) is 31.9 Å². The fourth-order valence-electron chi connectivity index (χ4n) is 1.31. The number of carbonyl (C=O) groups is 1. The summed E-state index contributed by atoms with van der Waals surface area (Å²) in [5, 5.41) is 14.1. The second-order valence-electron chi connectivity index (χ2n) is 3.91. The summed E-state index contributed by atoms with van der Waals surface area (Å²) in [5.74, 6) is -0.134. The molecular weight excluding hydrogens is 379 g/mol. The van der Waals surface area contributed by atoms with E-state index in [-0.39, 0.29) is 5.91 Å². The van der Waals surface area contributed by atoms with Gasteiger partial charge in [0.05, 0.1) is 6.61 Å². The van der Waals surface area contributed by atoms with Gasteiger partial charge in [0.25, 0.3) is 5.91 Å². The fraction of sp³-hybridized carbons (Fsp3) is 0.364. The molecule has 3 N–H and O–H groups in total. The molecule has 1 aromatic carbocycles.